The highest BCUT2D eigenvalue weighted by atomic mass is 35.5. The minimum absolute atomic E-state index is 0.0665. The molecule has 1 saturated heterocycles. The van der Waals surface area contributed by atoms with Gasteiger partial charge in [-0.2, -0.15) is 13.2 Å². The Morgan fingerprint density at radius 1 is 1.20 bits per heavy atom. The zero-order chi connectivity index (χ0) is 18.0. The maximum atomic E-state index is 12.8. The lowest BCUT2D eigenvalue weighted by Crippen LogP contribution is -2.15. The fourth-order valence-electron chi connectivity index (χ4n) is 2.47. The number of alkyl halides is 3. The van der Waals surface area contributed by atoms with Crippen LogP contribution in [0.2, 0.25) is 5.02 Å². The van der Waals surface area contributed by atoms with Gasteiger partial charge in [0.05, 0.1) is 16.1 Å². The number of carbonyl (C=O) groups is 1. The molecule has 132 valence electrons. The van der Waals surface area contributed by atoms with Gasteiger partial charge < -0.3 is 9.62 Å². The Labute approximate surface area is 152 Å². The van der Waals surface area contributed by atoms with Crippen molar-refractivity contribution < 1.29 is 18.0 Å². The van der Waals surface area contributed by atoms with E-state index in [9.17, 15) is 18.0 Å². The molecule has 1 aliphatic rings. The van der Waals surface area contributed by atoms with Crippen LogP contribution in [0, 0.1) is 0 Å². The molecule has 1 aliphatic heterocycles. The minimum atomic E-state index is -4.47. The summed E-state index contributed by atoms with van der Waals surface area (Å²) in [5.74, 6) is 0.462. The van der Waals surface area contributed by atoms with Crippen LogP contribution in [0.1, 0.15) is 22.3 Å². The predicted octanol–water partition coefficient (Wildman–Crippen LogP) is 5.47. The first-order valence-corrected chi connectivity index (χ1v) is 8.85. The molecule has 1 amide bonds. The van der Waals surface area contributed by atoms with E-state index < -0.39 is 17.6 Å². The molecule has 3 rings (SSSR count). The summed E-state index contributed by atoms with van der Waals surface area (Å²) in [6, 6.07) is 9.60. The SMILES string of the molecule is O=C(Nc1cccc(C(F)(F)F)c1)c1cc(N2CCCS2)ccc1Cl. The van der Waals surface area contributed by atoms with E-state index in [0.717, 1.165) is 36.5 Å². The summed E-state index contributed by atoms with van der Waals surface area (Å²) in [4.78, 5) is 12.5. The van der Waals surface area contributed by atoms with Crippen molar-refractivity contribution in [2.75, 3.05) is 21.9 Å². The van der Waals surface area contributed by atoms with Crippen LogP contribution in [-0.4, -0.2) is 18.2 Å². The topological polar surface area (TPSA) is 32.3 Å². The van der Waals surface area contributed by atoms with Crippen LogP contribution in [0.5, 0.6) is 0 Å². The monoisotopic (exact) mass is 386 g/mol. The van der Waals surface area contributed by atoms with Crippen molar-refractivity contribution in [2.45, 2.75) is 12.6 Å². The van der Waals surface area contributed by atoms with E-state index in [1.54, 1.807) is 24.1 Å². The zero-order valence-electron chi connectivity index (χ0n) is 12.9. The van der Waals surface area contributed by atoms with E-state index in [2.05, 4.69) is 9.62 Å². The molecule has 0 aromatic heterocycles. The highest BCUT2D eigenvalue weighted by Gasteiger charge is 2.30. The number of rotatable bonds is 3. The summed E-state index contributed by atoms with van der Waals surface area (Å²) in [7, 11) is 0. The van der Waals surface area contributed by atoms with Crippen molar-refractivity contribution in [1.29, 1.82) is 0 Å². The largest absolute Gasteiger partial charge is 0.416 e. The molecule has 1 N–H and O–H groups in total. The van der Waals surface area contributed by atoms with Gasteiger partial charge in [0, 0.05) is 23.7 Å². The molecule has 1 fully saturated rings. The number of anilines is 2. The summed E-state index contributed by atoms with van der Waals surface area (Å²) in [5.41, 5.74) is 0.320. The van der Waals surface area contributed by atoms with Gasteiger partial charge in [-0.3, -0.25) is 4.79 Å². The van der Waals surface area contributed by atoms with Crippen molar-refractivity contribution >= 4 is 40.8 Å². The highest BCUT2D eigenvalue weighted by molar-refractivity contribution is 8.00. The summed E-state index contributed by atoms with van der Waals surface area (Å²) in [6.07, 6.45) is -3.41. The van der Waals surface area contributed by atoms with E-state index in [-0.39, 0.29) is 16.3 Å². The molecule has 0 aliphatic carbocycles. The number of nitrogens with zero attached hydrogens (tertiary/aromatic N) is 1. The molecule has 2 aromatic carbocycles. The van der Waals surface area contributed by atoms with Gasteiger partial charge in [0.25, 0.3) is 5.91 Å². The molecule has 0 unspecified atom stereocenters. The maximum absolute atomic E-state index is 12.8. The van der Waals surface area contributed by atoms with Gasteiger partial charge >= 0.3 is 6.18 Å². The molecule has 0 bridgehead atoms. The molecule has 25 heavy (non-hydrogen) atoms. The number of benzene rings is 2. The fourth-order valence-corrected chi connectivity index (χ4v) is 3.67. The first kappa shape index (κ1) is 17.9. The van der Waals surface area contributed by atoms with Crippen LogP contribution in [0.25, 0.3) is 0 Å². The van der Waals surface area contributed by atoms with Crippen LogP contribution in [0.3, 0.4) is 0 Å². The van der Waals surface area contributed by atoms with E-state index in [4.69, 9.17) is 11.6 Å². The Bertz CT molecular complexity index is 792. The van der Waals surface area contributed by atoms with Crippen LogP contribution < -0.4 is 9.62 Å². The Kier molecular flexibility index (Phi) is 5.15. The maximum Gasteiger partial charge on any atom is 0.416 e. The minimum Gasteiger partial charge on any atom is -0.322 e. The Morgan fingerprint density at radius 3 is 2.68 bits per heavy atom. The summed E-state index contributed by atoms with van der Waals surface area (Å²) >= 11 is 7.77. The van der Waals surface area contributed by atoms with Gasteiger partial charge in [-0.1, -0.05) is 17.7 Å². The van der Waals surface area contributed by atoms with Crippen molar-refractivity contribution in [3.8, 4) is 0 Å². The van der Waals surface area contributed by atoms with Crippen molar-refractivity contribution in [3.63, 3.8) is 0 Å². The average Bonchev–Trinajstić information content (AvgIpc) is 3.09. The fraction of sp³-hybridized carbons (Fsp3) is 0.235. The number of hydrogen-bond donors (Lipinski definition) is 1. The molecule has 3 nitrogen and oxygen atoms in total. The summed E-state index contributed by atoms with van der Waals surface area (Å²) in [5, 5.41) is 2.73. The number of halogens is 4. The third kappa shape index (κ3) is 4.22. The number of carbonyl (C=O) groups excluding carboxylic acids is 1. The van der Waals surface area contributed by atoms with Gasteiger partial charge in [0.2, 0.25) is 0 Å². The van der Waals surface area contributed by atoms with Crippen LogP contribution in [-0.2, 0) is 6.18 Å². The van der Waals surface area contributed by atoms with Gasteiger partial charge in [0.15, 0.2) is 0 Å². The van der Waals surface area contributed by atoms with E-state index in [1.165, 1.54) is 12.1 Å². The average molecular weight is 387 g/mol. The molecule has 0 spiro atoms. The Morgan fingerprint density at radius 2 is 2.00 bits per heavy atom. The van der Waals surface area contributed by atoms with Crippen LogP contribution in [0.4, 0.5) is 24.5 Å². The van der Waals surface area contributed by atoms with E-state index in [0.29, 0.717) is 0 Å². The lowest BCUT2D eigenvalue weighted by Gasteiger charge is -2.17. The van der Waals surface area contributed by atoms with Crippen molar-refractivity contribution in [1.82, 2.24) is 0 Å². The molecule has 8 heteroatoms. The normalized spacial score (nSPS) is 14.6. The summed E-state index contributed by atoms with van der Waals surface area (Å²) < 4.78 is 40.4. The Hall–Kier alpha value is -1.86. The Balaban J connectivity index is 1.82. The third-order valence-corrected chi connectivity index (χ3v) is 5.19. The predicted molar refractivity (Wildman–Crippen MR) is 95.3 cm³/mol. The van der Waals surface area contributed by atoms with Crippen LogP contribution in [0.15, 0.2) is 42.5 Å². The lowest BCUT2D eigenvalue weighted by atomic mass is 10.1. The summed E-state index contributed by atoms with van der Waals surface area (Å²) in [6.45, 7) is 0.876. The van der Waals surface area contributed by atoms with Gasteiger partial charge in [-0.05, 0) is 54.8 Å². The molecule has 1 heterocycles. The number of nitrogens with one attached hydrogen (secondary N) is 1. The molecule has 2 aromatic rings. The lowest BCUT2D eigenvalue weighted by molar-refractivity contribution is -0.137. The molecular weight excluding hydrogens is 373 g/mol. The third-order valence-electron chi connectivity index (χ3n) is 3.68. The van der Waals surface area contributed by atoms with Gasteiger partial charge in [-0.25, -0.2) is 0 Å². The first-order valence-electron chi connectivity index (χ1n) is 7.53. The van der Waals surface area contributed by atoms with E-state index >= 15 is 0 Å². The zero-order valence-corrected chi connectivity index (χ0v) is 14.5. The highest BCUT2D eigenvalue weighted by Crippen LogP contribution is 2.33. The first-order chi connectivity index (χ1) is 11.8. The second kappa shape index (κ2) is 7.17. The molecule has 0 saturated carbocycles. The number of amides is 1. The van der Waals surface area contributed by atoms with Crippen LogP contribution >= 0.6 is 23.5 Å². The quantitative estimate of drug-likeness (QED) is 0.710. The molecule has 0 radical (unpaired) electrons. The van der Waals surface area contributed by atoms with E-state index in [1.807, 2.05) is 6.07 Å². The standard InChI is InChI=1S/C17H14ClF3N2OS/c18-15-6-5-13(23-7-2-8-25-23)10-14(15)16(24)22-12-4-1-3-11(9-12)17(19,20)21/h1,3-6,9-10H,2,7-8H2,(H,22,24). The van der Waals surface area contributed by atoms with Gasteiger partial charge in [0.1, 0.15) is 0 Å². The van der Waals surface area contributed by atoms with Crippen molar-refractivity contribution in [2.24, 2.45) is 0 Å². The molecular formula is C17H14ClF3N2OS. The molecule has 0 atom stereocenters. The second-order valence-electron chi connectivity index (χ2n) is 5.49. The number of hydrogen-bond acceptors (Lipinski definition) is 3. The second-order valence-corrected chi connectivity index (χ2v) is 7.00. The smallest absolute Gasteiger partial charge is 0.322 e. The van der Waals surface area contributed by atoms with Gasteiger partial charge in [-0.15, -0.1) is 0 Å². The van der Waals surface area contributed by atoms with Crippen molar-refractivity contribution in [3.05, 3.63) is 58.6 Å².